The van der Waals surface area contributed by atoms with Crippen LogP contribution in [0.15, 0.2) is 53.4 Å². The predicted molar refractivity (Wildman–Crippen MR) is 115 cm³/mol. The SMILES string of the molecule is CCCCN1CCC(NC(=O)c2ccc(NS(=O)(=O)c3ccc(F)cc3)cc2)CC1. The zero-order chi connectivity index (χ0) is 21.6. The fourth-order valence-electron chi connectivity index (χ4n) is 3.47. The average molecular weight is 434 g/mol. The first-order valence-corrected chi connectivity index (χ1v) is 11.8. The van der Waals surface area contributed by atoms with E-state index in [1.54, 1.807) is 24.3 Å². The standard InChI is InChI=1S/C22H28FN3O3S/c1-2-3-14-26-15-12-19(13-16-26)24-22(27)17-4-8-20(9-5-17)25-30(28,29)21-10-6-18(23)7-11-21/h4-11,19,25H,2-3,12-16H2,1H3,(H,24,27). The van der Waals surface area contributed by atoms with E-state index in [-0.39, 0.29) is 16.8 Å². The normalized spacial score (nSPS) is 15.7. The number of amides is 1. The van der Waals surface area contributed by atoms with Crippen LogP contribution >= 0.6 is 0 Å². The number of unbranched alkanes of at least 4 members (excludes halogenated alkanes) is 1. The summed E-state index contributed by atoms with van der Waals surface area (Å²) in [7, 11) is -3.82. The molecule has 3 rings (SSSR count). The molecule has 0 spiro atoms. The van der Waals surface area contributed by atoms with Crippen LogP contribution in [0.2, 0.25) is 0 Å². The monoisotopic (exact) mass is 433 g/mol. The lowest BCUT2D eigenvalue weighted by molar-refractivity contribution is 0.0911. The van der Waals surface area contributed by atoms with Crippen molar-refractivity contribution in [1.29, 1.82) is 0 Å². The van der Waals surface area contributed by atoms with Crippen LogP contribution < -0.4 is 10.0 Å². The highest BCUT2D eigenvalue weighted by molar-refractivity contribution is 7.92. The summed E-state index contributed by atoms with van der Waals surface area (Å²) in [5, 5.41) is 3.07. The maximum Gasteiger partial charge on any atom is 0.261 e. The summed E-state index contributed by atoms with van der Waals surface area (Å²) in [6.45, 7) is 5.29. The molecule has 1 aliphatic rings. The smallest absolute Gasteiger partial charge is 0.261 e. The van der Waals surface area contributed by atoms with Crippen LogP contribution in [0.5, 0.6) is 0 Å². The number of piperidine rings is 1. The highest BCUT2D eigenvalue weighted by Crippen LogP contribution is 2.18. The Morgan fingerprint density at radius 1 is 1.07 bits per heavy atom. The lowest BCUT2D eigenvalue weighted by Crippen LogP contribution is -2.44. The van der Waals surface area contributed by atoms with E-state index in [1.807, 2.05) is 0 Å². The Kier molecular flexibility index (Phi) is 7.44. The van der Waals surface area contributed by atoms with Crippen molar-refractivity contribution in [2.45, 2.75) is 43.5 Å². The van der Waals surface area contributed by atoms with Gasteiger partial charge in [-0.3, -0.25) is 9.52 Å². The third-order valence-electron chi connectivity index (χ3n) is 5.27. The Morgan fingerprint density at radius 3 is 2.30 bits per heavy atom. The number of likely N-dealkylation sites (tertiary alicyclic amines) is 1. The molecule has 2 N–H and O–H groups in total. The molecule has 0 bridgehead atoms. The molecule has 1 aliphatic heterocycles. The number of carbonyl (C=O) groups is 1. The van der Waals surface area contributed by atoms with Crippen molar-refractivity contribution in [2.75, 3.05) is 24.4 Å². The maximum atomic E-state index is 13.0. The largest absolute Gasteiger partial charge is 0.349 e. The lowest BCUT2D eigenvalue weighted by atomic mass is 10.0. The molecule has 1 fully saturated rings. The van der Waals surface area contributed by atoms with Crippen molar-refractivity contribution in [1.82, 2.24) is 10.2 Å². The minimum absolute atomic E-state index is 0.0315. The molecular formula is C22H28FN3O3S. The number of carbonyl (C=O) groups excluding carboxylic acids is 1. The molecule has 1 saturated heterocycles. The quantitative estimate of drug-likeness (QED) is 0.667. The van der Waals surface area contributed by atoms with Crippen LogP contribution in [0.25, 0.3) is 0 Å². The molecule has 0 aliphatic carbocycles. The second kappa shape index (κ2) is 10.0. The molecule has 2 aromatic carbocycles. The van der Waals surface area contributed by atoms with Gasteiger partial charge in [0.1, 0.15) is 5.82 Å². The minimum atomic E-state index is -3.82. The van der Waals surface area contributed by atoms with Crippen molar-refractivity contribution in [3.8, 4) is 0 Å². The zero-order valence-electron chi connectivity index (χ0n) is 17.1. The third kappa shape index (κ3) is 6.03. The first-order valence-electron chi connectivity index (χ1n) is 10.3. The Morgan fingerprint density at radius 2 is 1.70 bits per heavy atom. The average Bonchev–Trinajstić information content (AvgIpc) is 2.74. The molecule has 1 heterocycles. The van der Waals surface area contributed by atoms with E-state index >= 15 is 0 Å². The van der Waals surface area contributed by atoms with Crippen LogP contribution in [-0.2, 0) is 10.0 Å². The number of nitrogens with one attached hydrogen (secondary N) is 2. The van der Waals surface area contributed by atoms with Gasteiger partial charge < -0.3 is 10.2 Å². The highest BCUT2D eigenvalue weighted by atomic mass is 32.2. The van der Waals surface area contributed by atoms with E-state index in [4.69, 9.17) is 0 Å². The summed E-state index contributed by atoms with van der Waals surface area (Å²) in [6.07, 6.45) is 4.26. The van der Waals surface area contributed by atoms with Crippen LogP contribution in [-0.4, -0.2) is 44.9 Å². The van der Waals surface area contributed by atoms with Gasteiger partial charge in [-0.05, 0) is 74.3 Å². The first-order chi connectivity index (χ1) is 14.4. The van der Waals surface area contributed by atoms with Crippen LogP contribution in [0.1, 0.15) is 43.0 Å². The van der Waals surface area contributed by atoms with E-state index in [0.29, 0.717) is 11.3 Å². The predicted octanol–water partition coefficient (Wildman–Crippen LogP) is 3.62. The van der Waals surface area contributed by atoms with E-state index in [2.05, 4.69) is 21.9 Å². The molecule has 0 saturated carbocycles. The lowest BCUT2D eigenvalue weighted by Gasteiger charge is -2.32. The zero-order valence-corrected chi connectivity index (χ0v) is 17.9. The van der Waals surface area contributed by atoms with Crippen molar-refractivity contribution in [3.05, 3.63) is 59.9 Å². The summed E-state index contributed by atoms with van der Waals surface area (Å²) in [5.74, 6) is -0.661. The van der Waals surface area contributed by atoms with Crippen LogP contribution in [0, 0.1) is 5.82 Å². The Labute approximate surface area is 177 Å². The molecule has 2 aromatic rings. The molecular weight excluding hydrogens is 405 g/mol. The molecule has 162 valence electrons. The molecule has 6 nitrogen and oxygen atoms in total. The molecule has 8 heteroatoms. The van der Waals surface area contributed by atoms with Gasteiger partial charge in [-0.1, -0.05) is 13.3 Å². The van der Waals surface area contributed by atoms with Gasteiger partial charge in [0, 0.05) is 30.4 Å². The summed E-state index contributed by atoms with van der Waals surface area (Å²) in [5.41, 5.74) is 0.813. The van der Waals surface area contributed by atoms with Gasteiger partial charge in [0.15, 0.2) is 0 Å². The van der Waals surface area contributed by atoms with E-state index in [1.165, 1.54) is 25.0 Å². The minimum Gasteiger partial charge on any atom is -0.349 e. The highest BCUT2D eigenvalue weighted by Gasteiger charge is 2.21. The van der Waals surface area contributed by atoms with Crippen molar-refractivity contribution in [2.24, 2.45) is 0 Å². The summed E-state index contributed by atoms with van der Waals surface area (Å²) < 4.78 is 40.2. The van der Waals surface area contributed by atoms with Gasteiger partial charge in [0.25, 0.3) is 15.9 Å². The second-order valence-electron chi connectivity index (χ2n) is 7.58. The molecule has 0 unspecified atom stereocenters. The fraction of sp³-hybridized carbons (Fsp3) is 0.409. The number of rotatable bonds is 8. The molecule has 0 radical (unpaired) electrons. The van der Waals surface area contributed by atoms with Crippen molar-refractivity contribution < 1.29 is 17.6 Å². The number of nitrogens with zero attached hydrogens (tertiary/aromatic N) is 1. The third-order valence-corrected chi connectivity index (χ3v) is 6.67. The van der Waals surface area contributed by atoms with Crippen LogP contribution in [0.4, 0.5) is 10.1 Å². The number of hydrogen-bond acceptors (Lipinski definition) is 4. The Hall–Kier alpha value is -2.45. The van der Waals surface area contributed by atoms with Gasteiger partial charge >= 0.3 is 0 Å². The fourth-order valence-corrected chi connectivity index (χ4v) is 4.53. The van der Waals surface area contributed by atoms with E-state index in [9.17, 15) is 17.6 Å². The van der Waals surface area contributed by atoms with Crippen molar-refractivity contribution >= 4 is 21.6 Å². The number of benzene rings is 2. The number of anilines is 1. The van der Waals surface area contributed by atoms with Gasteiger partial charge in [0.2, 0.25) is 0 Å². The Balaban J connectivity index is 1.54. The number of hydrogen-bond donors (Lipinski definition) is 2. The molecule has 0 aromatic heterocycles. The number of sulfonamides is 1. The molecule has 1 amide bonds. The van der Waals surface area contributed by atoms with Gasteiger partial charge in [-0.25, -0.2) is 12.8 Å². The van der Waals surface area contributed by atoms with Gasteiger partial charge in [-0.15, -0.1) is 0 Å². The molecule has 0 atom stereocenters. The summed E-state index contributed by atoms with van der Waals surface area (Å²) in [4.78, 5) is 14.9. The Bertz CT molecular complexity index is 939. The number of halogens is 1. The van der Waals surface area contributed by atoms with Crippen molar-refractivity contribution in [3.63, 3.8) is 0 Å². The van der Waals surface area contributed by atoms with E-state index < -0.39 is 15.8 Å². The maximum absolute atomic E-state index is 13.0. The second-order valence-corrected chi connectivity index (χ2v) is 9.26. The molecule has 30 heavy (non-hydrogen) atoms. The first kappa shape index (κ1) is 22.2. The van der Waals surface area contributed by atoms with Gasteiger partial charge in [-0.2, -0.15) is 0 Å². The van der Waals surface area contributed by atoms with Crippen LogP contribution in [0.3, 0.4) is 0 Å². The van der Waals surface area contributed by atoms with E-state index in [0.717, 1.165) is 44.6 Å². The van der Waals surface area contributed by atoms with Gasteiger partial charge in [0.05, 0.1) is 4.90 Å². The summed E-state index contributed by atoms with van der Waals surface area (Å²) >= 11 is 0. The topological polar surface area (TPSA) is 78.5 Å². The summed E-state index contributed by atoms with van der Waals surface area (Å²) in [6, 6.07) is 11.0.